The lowest BCUT2D eigenvalue weighted by Gasteiger charge is -2.25. The Morgan fingerprint density at radius 1 is 1.27 bits per heavy atom. The lowest BCUT2D eigenvalue weighted by Crippen LogP contribution is -2.48. The third kappa shape index (κ3) is 3.56. The number of imide groups is 1. The average molecular weight is 356 g/mol. The zero-order valence-corrected chi connectivity index (χ0v) is 15.3. The predicted octanol–water partition coefficient (Wildman–Crippen LogP) is 1.94. The van der Waals surface area contributed by atoms with Gasteiger partial charge in [-0.3, -0.25) is 14.5 Å². The van der Waals surface area contributed by atoms with Crippen molar-refractivity contribution in [2.75, 3.05) is 6.54 Å². The second kappa shape index (κ2) is 6.82. The molecule has 138 valence electrons. The molecule has 0 bridgehead atoms. The molecule has 26 heavy (non-hydrogen) atoms. The zero-order chi connectivity index (χ0) is 18.9. The maximum atomic E-state index is 12.6. The second-order valence-electron chi connectivity index (χ2n) is 7.28. The van der Waals surface area contributed by atoms with Crippen molar-refractivity contribution < 1.29 is 14.4 Å². The van der Waals surface area contributed by atoms with Crippen LogP contribution in [0.1, 0.15) is 32.8 Å². The number of hydrogen-bond acceptors (Lipinski definition) is 3. The molecule has 1 fully saturated rings. The van der Waals surface area contributed by atoms with Gasteiger partial charge in [0.05, 0.1) is 0 Å². The van der Waals surface area contributed by atoms with E-state index in [4.69, 9.17) is 0 Å². The van der Waals surface area contributed by atoms with Gasteiger partial charge in [-0.25, -0.2) is 4.79 Å². The van der Waals surface area contributed by atoms with Crippen molar-refractivity contribution in [2.24, 2.45) is 0 Å². The van der Waals surface area contributed by atoms with Crippen molar-refractivity contribution in [2.45, 2.75) is 45.2 Å². The predicted molar refractivity (Wildman–Crippen MR) is 98.5 cm³/mol. The number of rotatable bonds is 6. The van der Waals surface area contributed by atoms with Crippen LogP contribution in [-0.4, -0.2) is 45.9 Å². The molecular formula is C19H24N4O3. The normalized spacial score (nSPS) is 17.7. The number of amides is 4. The monoisotopic (exact) mass is 356 g/mol. The molecular weight excluding hydrogens is 332 g/mol. The minimum atomic E-state index is -0.659. The van der Waals surface area contributed by atoms with Gasteiger partial charge in [-0.15, -0.1) is 0 Å². The first-order chi connectivity index (χ1) is 12.3. The highest BCUT2D eigenvalue weighted by Crippen LogP contribution is 2.21. The summed E-state index contributed by atoms with van der Waals surface area (Å²) in [5, 5.41) is 6.55. The van der Waals surface area contributed by atoms with Gasteiger partial charge in [0, 0.05) is 29.1 Å². The highest BCUT2D eigenvalue weighted by Gasteiger charge is 2.39. The van der Waals surface area contributed by atoms with Crippen molar-refractivity contribution in [1.29, 1.82) is 0 Å². The van der Waals surface area contributed by atoms with Gasteiger partial charge in [0.1, 0.15) is 12.6 Å². The molecule has 1 aromatic heterocycles. The highest BCUT2D eigenvalue weighted by atomic mass is 16.2. The first-order valence-corrected chi connectivity index (χ1v) is 8.78. The Hall–Kier alpha value is -2.83. The number of carbonyl (C=O) groups excluding carboxylic acids is 3. The third-order valence-electron chi connectivity index (χ3n) is 4.87. The van der Waals surface area contributed by atoms with Gasteiger partial charge in [-0.05, 0) is 31.9 Å². The minimum Gasteiger partial charge on any atom is -0.361 e. The van der Waals surface area contributed by atoms with Crippen LogP contribution in [0, 0.1) is 0 Å². The summed E-state index contributed by atoms with van der Waals surface area (Å²) in [6.45, 7) is 5.50. The van der Waals surface area contributed by atoms with Crippen LogP contribution in [-0.2, 0) is 16.0 Å². The van der Waals surface area contributed by atoms with E-state index in [2.05, 4.69) is 15.6 Å². The van der Waals surface area contributed by atoms with Gasteiger partial charge in [0.2, 0.25) is 5.91 Å². The Bertz CT molecular complexity index is 855. The molecule has 7 heteroatoms. The van der Waals surface area contributed by atoms with Gasteiger partial charge in [0.15, 0.2) is 0 Å². The lowest BCUT2D eigenvalue weighted by atomic mass is 10.0. The number of carbonyl (C=O) groups is 3. The summed E-state index contributed by atoms with van der Waals surface area (Å²) in [5.41, 5.74) is 1.56. The molecule has 0 radical (unpaired) electrons. The molecule has 3 rings (SSSR count). The van der Waals surface area contributed by atoms with E-state index >= 15 is 0 Å². The quantitative estimate of drug-likeness (QED) is 0.690. The number of urea groups is 1. The van der Waals surface area contributed by atoms with Crippen LogP contribution in [0.2, 0.25) is 0 Å². The van der Waals surface area contributed by atoms with Crippen LogP contribution in [0.3, 0.4) is 0 Å². The van der Waals surface area contributed by atoms with E-state index in [1.54, 1.807) is 0 Å². The summed E-state index contributed by atoms with van der Waals surface area (Å²) in [7, 11) is 0. The molecule has 3 N–H and O–H groups in total. The molecule has 4 amide bonds. The highest BCUT2D eigenvalue weighted by molar-refractivity contribution is 6.06. The van der Waals surface area contributed by atoms with Crippen molar-refractivity contribution in [1.82, 2.24) is 20.5 Å². The van der Waals surface area contributed by atoms with E-state index in [0.29, 0.717) is 6.42 Å². The van der Waals surface area contributed by atoms with Gasteiger partial charge < -0.3 is 15.6 Å². The smallest absolute Gasteiger partial charge is 0.325 e. The minimum absolute atomic E-state index is 0.265. The fourth-order valence-electron chi connectivity index (χ4n) is 3.03. The van der Waals surface area contributed by atoms with Crippen LogP contribution < -0.4 is 10.6 Å². The number of aromatic amines is 1. The van der Waals surface area contributed by atoms with Crippen LogP contribution in [0.15, 0.2) is 30.5 Å². The summed E-state index contributed by atoms with van der Waals surface area (Å²) in [6, 6.07) is 6.61. The van der Waals surface area contributed by atoms with E-state index in [-0.39, 0.29) is 23.9 Å². The number of nitrogens with zero attached hydrogens (tertiary/aromatic N) is 1. The third-order valence-corrected chi connectivity index (χ3v) is 4.87. The molecule has 0 aliphatic carbocycles. The van der Waals surface area contributed by atoms with Crippen LogP contribution in [0.5, 0.6) is 0 Å². The maximum absolute atomic E-state index is 12.6. The van der Waals surface area contributed by atoms with Gasteiger partial charge >= 0.3 is 6.03 Å². The Balaban J connectivity index is 1.68. The standard InChI is InChI=1S/C19H24N4O3/c1-4-19(2,3)22-16(24)11-23-17(25)15(21-18(23)26)9-12-10-20-14-8-6-5-7-13(12)14/h5-8,10,15,20H,4,9,11H2,1-3H3,(H,21,26)(H,22,24). The van der Waals surface area contributed by atoms with E-state index < -0.39 is 12.1 Å². The number of para-hydroxylation sites is 1. The summed E-state index contributed by atoms with van der Waals surface area (Å²) in [6.07, 6.45) is 2.98. The molecule has 1 atom stereocenters. The maximum Gasteiger partial charge on any atom is 0.325 e. The lowest BCUT2D eigenvalue weighted by molar-refractivity contribution is -0.132. The van der Waals surface area contributed by atoms with Gasteiger partial charge in [-0.2, -0.15) is 0 Å². The second-order valence-corrected chi connectivity index (χ2v) is 7.28. The van der Waals surface area contributed by atoms with Crippen molar-refractivity contribution in [3.8, 4) is 0 Å². The Kier molecular flexibility index (Phi) is 4.71. The topological polar surface area (TPSA) is 94.3 Å². The van der Waals surface area contributed by atoms with Gasteiger partial charge in [-0.1, -0.05) is 25.1 Å². The fourth-order valence-corrected chi connectivity index (χ4v) is 3.03. The molecule has 1 aromatic carbocycles. The summed E-state index contributed by atoms with van der Waals surface area (Å²) >= 11 is 0. The Morgan fingerprint density at radius 2 is 2.00 bits per heavy atom. The molecule has 2 aromatic rings. The summed E-state index contributed by atoms with van der Waals surface area (Å²) in [4.78, 5) is 41.1. The number of aromatic nitrogens is 1. The Morgan fingerprint density at radius 3 is 2.73 bits per heavy atom. The van der Waals surface area contributed by atoms with Crippen molar-refractivity contribution in [3.63, 3.8) is 0 Å². The molecule has 1 unspecified atom stereocenters. The number of H-pyrrole nitrogens is 1. The number of benzene rings is 1. The Labute approximate surface area is 152 Å². The van der Waals surface area contributed by atoms with Crippen molar-refractivity contribution in [3.05, 3.63) is 36.0 Å². The van der Waals surface area contributed by atoms with Crippen molar-refractivity contribution >= 4 is 28.7 Å². The average Bonchev–Trinajstić information content (AvgIpc) is 3.11. The molecule has 1 saturated heterocycles. The van der Waals surface area contributed by atoms with Gasteiger partial charge in [0.25, 0.3) is 5.91 Å². The van der Waals surface area contributed by atoms with E-state index in [1.807, 2.05) is 51.2 Å². The number of fused-ring (bicyclic) bond motifs is 1. The van der Waals surface area contributed by atoms with Crippen LogP contribution >= 0.6 is 0 Å². The van der Waals surface area contributed by atoms with E-state index in [0.717, 1.165) is 27.8 Å². The SMILES string of the molecule is CCC(C)(C)NC(=O)CN1C(=O)NC(Cc2c[nH]c3ccccc23)C1=O. The van der Waals surface area contributed by atoms with Crippen LogP contribution in [0.25, 0.3) is 10.9 Å². The molecule has 0 saturated carbocycles. The van der Waals surface area contributed by atoms with E-state index in [1.165, 1.54) is 0 Å². The zero-order valence-electron chi connectivity index (χ0n) is 15.3. The number of nitrogens with one attached hydrogen (secondary N) is 3. The molecule has 1 aliphatic heterocycles. The molecule has 0 spiro atoms. The van der Waals surface area contributed by atoms with Crippen LogP contribution in [0.4, 0.5) is 4.79 Å². The molecule has 2 heterocycles. The first-order valence-electron chi connectivity index (χ1n) is 8.78. The summed E-state index contributed by atoms with van der Waals surface area (Å²) < 4.78 is 0. The van der Waals surface area contributed by atoms with E-state index in [9.17, 15) is 14.4 Å². The molecule has 1 aliphatic rings. The molecule has 7 nitrogen and oxygen atoms in total. The largest absolute Gasteiger partial charge is 0.361 e. The fraction of sp³-hybridized carbons (Fsp3) is 0.421. The summed E-state index contributed by atoms with van der Waals surface area (Å²) in [5.74, 6) is -0.710. The first kappa shape index (κ1) is 18.0. The number of hydrogen-bond donors (Lipinski definition) is 3.